The van der Waals surface area contributed by atoms with Crippen LogP contribution < -0.4 is 10.2 Å². The van der Waals surface area contributed by atoms with Crippen molar-refractivity contribution in [1.29, 1.82) is 0 Å². The molecule has 5 nitrogen and oxygen atoms in total. The van der Waals surface area contributed by atoms with Crippen LogP contribution in [0.4, 0.5) is 11.4 Å². The molecule has 7 rings (SSSR count). The number of rotatable bonds is 4. The zero-order chi connectivity index (χ0) is 27.6. The molecule has 196 valence electrons. The van der Waals surface area contributed by atoms with Crippen LogP contribution in [0.25, 0.3) is 6.08 Å². The van der Waals surface area contributed by atoms with Crippen LogP contribution in [0.2, 0.25) is 0 Å². The van der Waals surface area contributed by atoms with Gasteiger partial charge in [-0.3, -0.25) is 14.4 Å². The number of hydrogen-bond acceptors (Lipinski definition) is 4. The molecule has 3 aliphatic rings. The molecule has 40 heavy (non-hydrogen) atoms. The van der Waals surface area contributed by atoms with E-state index in [1.807, 2.05) is 97.6 Å². The second-order valence-corrected chi connectivity index (χ2v) is 11.0. The Labute approximate surface area is 233 Å². The summed E-state index contributed by atoms with van der Waals surface area (Å²) in [6.45, 7) is 4.00. The van der Waals surface area contributed by atoms with Gasteiger partial charge in [0.05, 0.1) is 12.0 Å². The molecule has 0 aromatic heterocycles. The first-order valence-corrected chi connectivity index (χ1v) is 13.6. The van der Waals surface area contributed by atoms with Crippen molar-refractivity contribution in [3.05, 3.63) is 137 Å². The SMILES string of the molecule is Cc1ccc(C(=O)[C@@H]2[C@H](C(=O)c3ccccc3)N3c4ccc(C)cc4C=C[C@H]3[C@@]23C(=O)Nc2ccccc23)cc1. The number of carbonyl (C=O) groups excluding carboxylic acids is 3. The Balaban J connectivity index is 1.54. The second-order valence-electron chi connectivity index (χ2n) is 11.0. The van der Waals surface area contributed by atoms with E-state index in [0.29, 0.717) is 16.8 Å². The number of ketones is 2. The lowest BCUT2D eigenvalue weighted by molar-refractivity contribution is -0.121. The number of nitrogens with zero attached hydrogens (tertiary/aromatic N) is 1. The summed E-state index contributed by atoms with van der Waals surface area (Å²) in [5, 5.41) is 3.08. The van der Waals surface area contributed by atoms with E-state index in [9.17, 15) is 14.4 Å². The lowest BCUT2D eigenvalue weighted by Crippen LogP contribution is -2.51. The molecule has 0 radical (unpaired) electrons. The van der Waals surface area contributed by atoms with Gasteiger partial charge in [0.2, 0.25) is 5.91 Å². The van der Waals surface area contributed by atoms with Crippen LogP contribution in [0.3, 0.4) is 0 Å². The van der Waals surface area contributed by atoms with Gasteiger partial charge in [-0.1, -0.05) is 102 Å². The van der Waals surface area contributed by atoms with Crippen LogP contribution in [-0.4, -0.2) is 29.6 Å². The molecule has 1 spiro atoms. The first-order chi connectivity index (χ1) is 19.4. The minimum Gasteiger partial charge on any atom is -0.352 e. The van der Waals surface area contributed by atoms with E-state index in [2.05, 4.69) is 11.4 Å². The van der Waals surface area contributed by atoms with Gasteiger partial charge in [-0.15, -0.1) is 0 Å². The zero-order valence-electron chi connectivity index (χ0n) is 22.3. The molecule has 5 heteroatoms. The monoisotopic (exact) mass is 524 g/mol. The number of para-hydroxylation sites is 1. The predicted octanol–water partition coefficient (Wildman–Crippen LogP) is 6.16. The summed E-state index contributed by atoms with van der Waals surface area (Å²) in [4.78, 5) is 45.7. The summed E-state index contributed by atoms with van der Waals surface area (Å²) in [6.07, 6.45) is 4.04. The number of nitrogens with one attached hydrogen (secondary N) is 1. The van der Waals surface area contributed by atoms with Crippen molar-refractivity contribution in [3.63, 3.8) is 0 Å². The highest BCUT2D eigenvalue weighted by molar-refractivity contribution is 6.18. The van der Waals surface area contributed by atoms with E-state index in [1.54, 1.807) is 24.3 Å². The van der Waals surface area contributed by atoms with Gasteiger partial charge >= 0.3 is 0 Å². The van der Waals surface area contributed by atoms with Crippen molar-refractivity contribution in [2.75, 3.05) is 10.2 Å². The number of carbonyl (C=O) groups is 3. The summed E-state index contributed by atoms with van der Waals surface area (Å²) in [5.41, 5.74) is 5.09. The first-order valence-electron chi connectivity index (χ1n) is 13.6. The maximum atomic E-state index is 14.7. The largest absolute Gasteiger partial charge is 0.352 e. The molecule has 0 aliphatic carbocycles. The molecule has 1 N–H and O–H groups in total. The lowest BCUT2D eigenvalue weighted by Gasteiger charge is -2.37. The molecule has 0 bridgehead atoms. The fourth-order valence-electron chi connectivity index (χ4n) is 6.97. The topological polar surface area (TPSA) is 66.5 Å². The van der Waals surface area contributed by atoms with Crippen molar-refractivity contribution in [1.82, 2.24) is 0 Å². The quantitative estimate of drug-likeness (QED) is 0.325. The smallest absolute Gasteiger partial charge is 0.238 e. The van der Waals surface area contributed by atoms with Crippen LogP contribution in [0.5, 0.6) is 0 Å². The molecular formula is C35H28N2O3. The summed E-state index contributed by atoms with van der Waals surface area (Å²) < 4.78 is 0. The Hall–Kier alpha value is -4.77. The number of hydrogen-bond donors (Lipinski definition) is 1. The van der Waals surface area contributed by atoms with Crippen LogP contribution in [0.1, 0.15) is 43.0 Å². The number of fused-ring (bicyclic) bond motifs is 6. The van der Waals surface area contributed by atoms with Crippen LogP contribution in [0, 0.1) is 19.8 Å². The highest BCUT2D eigenvalue weighted by Crippen LogP contribution is 2.58. The minimum absolute atomic E-state index is 0.174. The fraction of sp³-hybridized carbons (Fsp3) is 0.171. The third-order valence-corrected chi connectivity index (χ3v) is 8.73. The normalized spacial score (nSPS) is 23.9. The average molecular weight is 525 g/mol. The highest BCUT2D eigenvalue weighted by atomic mass is 16.2. The Morgan fingerprint density at radius 3 is 2.23 bits per heavy atom. The van der Waals surface area contributed by atoms with Gasteiger partial charge in [-0.05, 0) is 43.2 Å². The lowest BCUT2D eigenvalue weighted by atomic mass is 9.64. The van der Waals surface area contributed by atoms with E-state index < -0.39 is 23.4 Å². The van der Waals surface area contributed by atoms with Crippen molar-refractivity contribution >= 4 is 34.9 Å². The van der Waals surface area contributed by atoms with E-state index in [4.69, 9.17) is 0 Å². The molecule has 3 heterocycles. The van der Waals surface area contributed by atoms with Crippen molar-refractivity contribution in [3.8, 4) is 0 Å². The minimum atomic E-state index is -1.30. The Bertz CT molecular complexity index is 1720. The molecule has 4 aromatic rings. The fourth-order valence-corrected chi connectivity index (χ4v) is 6.97. The molecule has 1 amide bonds. The van der Waals surface area contributed by atoms with Gasteiger partial charge in [0.1, 0.15) is 11.5 Å². The van der Waals surface area contributed by atoms with Crippen LogP contribution in [0.15, 0.2) is 103 Å². The molecule has 0 saturated carbocycles. The Morgan fingerprint density at radius 2 is 1.45 bits per heavy atom. The summed E-state index contributed by atoms with van der Waals surface area (Å²) >= 11 is 0. The summed E-state index contributed by atoms with van der Waals surface area (Å²) in [7, 11) is 0. The van der Waals surface area contributed by atoms with Crippen molar-refractivity contribution in [2.45, 2.75) is 31.3 Å². The number of amides is 1. The second kappa shape index (κ2) is 8.88. The average Bonchev–Trinajstić information content (AvgIpc) is 3.45. The molecular weight excluding hydrogens is 496 g/mol. The van der Waals surface area contributed by atoms with Crippen LogP contribution >= 0.6 is 0 Å². The number of anilines is 2. The Morgan fingerprint density at radius 1 is 0.775 bits per heavy atom. The van der Waals surface area contributed by atoms with Gasteiger partial charge in [0.15, 0.2) is 11.6 Å². The van der Waals surface area contributed by atoms with Crippen molar-refractivity contribution in [2.24, 2.45) is 5.92 Å². The van der Waals surface area contributed by atoms with Gasteiger partial charge in [0, 0.05) is 22.5 Å². The number of aryl methyl sites for hydroxylation is 2. The van der Waals surface area contributed by atoms with Gasteiger partial charge in [0.25, 0.3) is 0 Å². The third kappa shape index (κ3) is 3.30. The van der Waals surface area contributed by atoms with Crippen LogP contribution in [-0.2, 0) is 10.2 Å². The third-order valence-electron chi connectivity index (χ3n) is 8.73. The number of benzene rings is 4. The van der Waals surface area contributed by atoms with E-state index in [0.717, 1.165) is 27.9 Å². The van der Waals surface area contributed by atoms with E-state index in [1.165, 1.54) is 0 Å². The van der Waals surface area contributed by atoms with Gasteiger partial charge < -0.3 is 10.2 Å². The molecule has 4 aromatic carbocycles. The highest BCUT2D eigenvalue weighted by Gasteiger charge is 2.70. The molecule has 4 atom stereocenters. The standard InChI is InChI=1S/C35H28N2O3/c1-21-12-15-24(16-13-21)32(38)30-31(33(39)23-8-4-3-5-9-23)37-28-18-14-22(2)20-25(28)17-19-29(37)35(30)26-10-6-7-11-27(26)36-34(35)40/h3-20,29-31H,1-2H3,(H,36,40)/t29-,30-,31+,35+/m0/s1. The predicted molar refractivity (Wildman–Crippen MR) is 157 cm³/mol. The van der Waals surface area contributed by atoms with Crippen molar-refractivity contribution < 1.29 is 14.4 Å². The zero-order valence-corrected chi connectivity index (χ0v) is 22.3. The maximum absolute atomic E-state index is 14.7. The summed E-state index contributed by atoms with van der Waals surface area (Å²) in [6, 6.07) is 28.8. The summed E-state index contributed by atoms with van der Waals surface area (Å²) in [5.74, 6) is -1.60. The van der Waals surface area contributed by atoms with Gasteiger partial charge in [-0.2, -0.15) is 0 Å². The van der Waals surface area contributed by atoms with E-state index in [-0.39, 0.29) is 17.5 Å². The molecule has 1 fully saturated rings. The van der Waals surface area contributed by atoms with Gasteiger partial charge in [-0.25, -0.2) is 0 Å². The Kier molecular flexibility index (Phi) is 5.39. The molecule has 3 aliphatic heterocycles. The molecule has 1 saturated heterocycles. The molecule has 0 unspecified atom stereocenters. The number of Topliss-reactive ketones (excluding diaryl/α,β-unsaturated/α-hetero) is 2. The van der Waals surface area contributed by atoms with E-state index >= 15 is 0 Å². The first kappa shape index (κ1) is 24.3. The maximum Gasteiger partial charge on any atom is 0.238 e.